The van der Waals surface area contributed by atoms with Crippen LogP contribution in [0.1, 0.15) is 26.2 Å². The molecule has 1 fully saturated rings. The van der Waals surface area contributed by atoms with Gasteiger partial charge in [-0.3, -0.25) is 0 Å². The SMILES string of the molecule is CCC1(CNc2nnnn2-c2ccccc2)CC1. The van der Waals surface area contributed by atoms with Crippen molar-refractivity contribution in [3.63, 3.8) is 0 Å². The lowest BCUT2D eigenvalue weighted by molar-refractivity contribution is 0.519. The molecule has 94 valence electrons. The van der Waals surface area contributed by atoms with E-state index in [2.05, 4.69) is 27.8 Å². The summed E-state index contributed by atoms with van der Waals surface area (Å²) in [6, 6.07) is 9.93. The Hall–Kier alpha value is -1.91. The van der Waals surface area contributed by atoms with Gasteiger partial charge in [0.1, 0.15) is 0 Å². The van der Waals surface area contributed by atoms with E-state index in [9.17, 15) is 0 Å². The van der Waals surface area contributed by atoms with Crippen molar-refractivity contribution in [2.24, 2.45) is 5.41 Å². The van der Waals surface area contributed by atoms with Crippen molar-refractivity contribution in [3.05, 3.63) is 30.3 Å². The van der Waals surface area contributed by atoms with E-state index in [1.807, 2.05) is 30.3 Å². The number of benzene rings is 1. The molecule has 5 nitrogen and oxygen atoms in total. The summed E-state index contributed by atoms with van der Waals surface area (Å²) in [6.45, 7) is 3.20. The molecule has 0 amide bonds. The summed E-state index contributed by atoms with van der Waals surface area (Å²) < 4.78 is 1.74. The van der Waals surface area contributed by atoms with Gasteiger partial charge in [0.05, 0.1) is 5.69 Å². The highest BCUT2D eigenvalue weighted by Gasteiger charge is 2.40. The van der Waals surface area contributed by atoms with Gasteiger partial charge in [0.25, 0.3) is 0 Å². The van der Waals surface area contributed by atoms with Gasteiger partial charge in [0.15, 0.2) is 0 Å². The van der Waals surface area contributed by atoms with Crippen molar-refractivity contribution in [1.82, 2.24) is 20.2 Å². The summed E-state index contributed by atoms with van der Waals surface area (Å²) >= 11 is 0. The van der Waals surface area contributed by atoms with Gasteiger partial charge in [-0.2, -0.15) is 4.68 Å². The van der Waals surface area contributed by atoms with Crippen LogP contribution in [0.5, 0.6) is 0 Å². The second-order valence-electron chi connectivity index (χ2n) is 4.96. The van der Waals surface area contributed by atoms with Gasteiger partial charge >= 0.3 is 0 Å². The van der Waals surface area contributed by atoms with Crippen molar-refractivity contribution < 1.29 is 0 Å². The van der Waals surface area contributed by atoms with Gasteiger partial charge in [0.2, 0.25) is 5.95 Å². The summed E-state index contributed by atoms with van der Waals surface area (Å²) in [7, 11) is 0. The molecule has 1 aromatic heterocycles. The fourth-order valence-electron chi connectivity index (χ4n) is 2.14. The van der Waals surface area contributed by atoms with E-state index in [1.165, 1.54) is 19.3 Å². The third-order valence-electron chi connectivity index (χ3n) is 3.80. The number of rotatable bonds is 5. The van der Waals surface area contributed by atoms with E-state index in [0.717, 1.165) is 18.2 Å². The van der Waals surface area contributed by atoms with Crippen LogP contribution in [0.4, 0.5) is 5.95 Å². The Morgan fingerprint density at radius 2 is 2.06 bits per heavy atom. The predicted octanol–water partition coefficient (Wildman–Crippen LogP) is 2.26. The first-order valence-electron chi connectivity index (χ1n) is 6.41. The zero-order valence-corrected chi connectivity index (χ0v) is 10.5. The highest BCUT2D eigenvalue weighted by molar-refractivity contribution is 5.38. The van der Waals surface area contributed by atoms with Crippen molar-refractivity contribution in [3.8, 4) is 5.69 Å². The van der Waals surface area contributed by atoms with Gasteiger partial charge in [-0.15, -0.1) is 0 Å². The molecule has 1 heterocycles. The Morgan fingerprint density at radius 3 is 2.72 bits per heavy atom. The minimum absolute atomic E-state index is 0.480. The van der Waals surface area contributed by atoms with Crippen LogP contribution in [-0.2, 0) is 0 Å². The van der Waals surface area contributed by atoms with Gasteiger partial charge in [-0.1, -0.05) is 30.2 Å². The van der Waals surface area contributed by atoms with E-state index in [1.54, 1.807) is 4.68 Å². The number of nitrogens with zero attached hydrogens (tertiary/aromatic N) is 4. The summed E-state index contributed by atoms with van der Waals surface area (Å²) in [5.74, 6) is 0.723. The Morgan fingerprint density at radius 1 is 1.28 bits per heavy atom. The maximum Gasteiger partial charge on any atom is 0.247 e. The molecule has 0 aliphatic heterocycles. The van der Waals surface area contributed by atoms with Crippen molar-refractivity contribution in [1.29, 1.82) is 0 Å². The zero-order valence-electron chi connectivity index (χ0n) is 10.5. The molecule has 3 rings (SSSR count). The second kappa shape index (κ2) is 4.40. The number of hydrogen-bond acceptors (Lipinski definition) is 4. The first-order chi connectivity index (χ1) is 8.83. The summed E-state index contributed by atoms with van der Waals surface area (Å²) in [5, 5.41) is 15.2. The number of nitrogens with one attached hydrogen (secondary N) is 1. The minimum atomic E-state index is 0.480. The lowest BCUT2D eigenvalue weighted by Gasteiger charge is -2.13. The Balaban J connectivity index is 1.76. The number of anilines is 1. The maximum absolute atomic E-state index is 4.05. The molecule has 5 heteroatoms. The molecule has 1 N–H and O–H groups in total. The van der Waals surface area contributed by atoms with Crippen LogP contribution in [-0.4, -0.2) is 26.8 Å². The van der Waals surface area contributed by atoms with E-state index in [0.29, 0.717) is 5.41 Å². The Labute approximate surface area is 106 Å². The van der Waals surface area contributed by atoms with Crippen LogP contribution in [0, 0.1) is 5.41 Å². The molecule has 2 aromatic rings. The fraction of sp³-hybridized carbons (Fsp3) is 0.462. The number of aromatic nitrogens is 4. The van der Waals surface area contributed by atoms with Gasteiger partial charge in [-0.25, -0.2) is 0 Å². The summed E-state index contributed by atoms with van der Waals surface area (Å²) in [6.07, 6.45) is 3.83. The quantitative estimate of drug-likeness (QED) is 0.875. The molecule has 0 saturated heterocycles. The first-order valence-corrected chi connectivity index (χ1v) is 6.41. The number of hydrogen-bond donors (Lipinski definition) is 1. The second-order valence-corrected chi connectivity index (χ2v) is 4.96. The van der Waals surface area contributed by atoms with E-state index < -0.39 is 0 Å². The average Bonchev–Trinajstić information content (AvgIpc) is 3.07. The summed E-state index contributed by atoms with van der Waals surface area (Å²) in [5.41, 5.74) is 1.46. The topological polar surface area (TPSA) is 55.6 Å². The predicted molar refractivity (Wildman–Crippen MR) is 69.6 cm³/mol. The molecule has 0 bridgehead atoms. The third-order valence-corrected chi connectivity index (χ3v) is 3.80. The molecular weight excluding hydrogens is 226 g/mol. The molecule has 0 radical (unpaired) electrons. The number of tetrazole rings is 1. The molecular formula is C13H17N5. The minimum Gasteiger partial charge on any atom is -0.352 e. The standard InChI is InChI=1S/C13H17N5/c1-2-13(8-9-13)10-14-12-15-16-17-18(12)11-6-4-3-5-7-11/h3-7H,2,8-10H2,1H3,(H,14,15,17). The Bertz CT molecular complexity index is 515. The van der Waals surface area contributed by atoms with Crippen LogP contribution >= 0.6 is 0 Å². The van der Waals surface area contributed by atoms with Gasteiger partial charge < -0.3 is 5.32 Å². The number of para-hydroxylation sites is 1. The molecule has 0 atom stereocenters. The first kappa shape index (κ1) is 11.2. The molecule has 18 heavy (non-hydrogen) atoms. The third kappa shape index (κ3) is 2.08. The van der Waals surface area contributed by atoms with Crippen LogP contribution in [0.25, 0.3) is 5.69 Å². The molecule has 1 aliphatic rings. The van der Waals surface area contributed by atoms with Gasteiger partial charge in [0, 0.05) is 6.54 Å². The van der Waals surface area contributed by atoms with Crippen molar-refractivity contribution >= 4 is 5.95 Å². The van der Waals surface area contributed by atoms with E-state index >= 15 is 0 Å². The van der Waals surface area contributed by atoms with E-state index in [-0.39, 0.29) is 0 Å². The zero-order chi connectivity index (χ0) is 12.4. The van der Waals surface area contributed by atoms with Crippen molar-refractivity contribution in [2.75, 3.05) is 11.9 Å². The van der Waals surface area contributed by atoms with Gasteiger partial charge in [-0.05, 0) is 47.2 Å². The van der Waals surface area contributed by atoms with Crippen LogP contribution in [0.2, 0.25) is 0 Å². The van der Waals surface area contributed by atoms with Crippen LogP contribution < -0.4 is 5.32 Å². The molecule has 1 aromatic carbocycles. The highest BCUT2D eigenvalue weighted by Crippen LogP contribution is 2.48. The molecule has 0 unspecified atom stereocenters. The Kier molecular flexibility index (Phi) is 2.74. The highest BCUT2D eigenvalue weighted by atomic mass is 15.6. The average molecular weight is 243 g/mol. The van der Waals surface area contributed by atoms with Crippen LogP contribution in [0.15, 0.2) is 30.3 Å². The molecule has 1 saturated carbocycles. The monoisotopic (exact) mass is 243 g/mol. The van der Waals surface area contributed by atoms with Crippen molar-refractivity contribution in [2.45, 2.75) is 26.2 Å². The van der Waals surface area contributed by atoms with Crippen LogP contribution in [0.3, 0.4) is 0 Å². The molecule has 0 spiro atoms. The smallest absolute Gasteiger partial charge is 0.247 e. The van der Waals surface area contributed by atoms with E-state index in [4.69, 9.17) is 0 Å². The maximum atomic E-state index is 4.05. The largest absolute Gasteiger partial charge is 0.352 e. The lowest BCUT2D eigenvalue weighted by atomic mass is 10.0. The summed E-state index contributed by atoms with van der Waals surface area (Å²) in [4.78, 5) is 0. The normalized spacial score (nSPS) is 16.5. The lowest BCUT2D eigenvalue weighted by Crippen LogP contribution is -2.17. The molecule has 1 aliphatic carbocycles. The fourth-order valence-corrected chi connectivity index (χ4v) is 2.14.